The van der Waals surface area contributed by atoms with Crippen molar-refractivity contribution in [3.63, 3.8) is 0 Å². The Hall–Kier alpha value is -0.660. The third-order valence-corrected chi connectivity index (χ3v) is 5.09. The molecule has 0 bridgehead atoms. The minimum Gasteiger partial charge on any atom is -0.480 e. The van der Waals surface area contributed by atoms with E-state index in [9.17, 15) is 13.2 Å². The van der Waals surface area contributed by atoms with Crippen molar-refractivity contribution in [1.29, 1.82) is 0 Å². The number of nitrogens with one attached hydrogen (secondary N) is 1. The lowest BCUT2D eigenvalue weighted by atomic mass is 10.1. The second-order valence-corrected chi connectivity index (χ2v) is 7.25. The molecular formula is C12H24N2O4S. The Morgan fingerprint density at radius 1 is 1.42 bits per heavy atom. The van der Waals surface area contributed by atoms with E-state index in [1.807, 2.05) is 20.8 Å². The highest BCUT2D eigenvalue weighted by atomic mass is 32.2. The molecule has 0 aliphatic carbocycles. The molecule has 0 saturated carbocycles. The highest BCUT2D eigenvalue weighted by Gasteiger charge is 2.33. The first-order chi connectivity index (χ1) is 8.74. The van der Waals surface area contributed by atoms with Crippen molar-refractivity contribution in [2.75, 3.05) is 6.54 Å². The molecule has 1 fully saturated rings. The van der Waals surface area contributed by atoms with Gasteiger partial charge in [0.2, 0.25) is 0 Å². The lowest BCUT2D eigenvalue weighted by Gasteiger charge is -2.33. The van der Waals surface area contributed by atoms with Crippen LogP contribution in [0.15, 0.2) is 0 Å². The van der Waals surface area contributed by atoms with Gasteiger partial charge in [-0.2, -0.15) is 17.4 Å². The largest absolute Gasteiger partial charge is 0.480 e. The van der Waals surface area contributed by atoms with Crippen molar-refractivity contribution in [3.05, 3.63) is 0 Å². The topological polar surface area (TPSA) is 86.7 Å². The highest BCUT2D eigenvalue weighted by molar-refractivity contribution is 7.87. The summed E-state index contributed by atoms with van der Waals surface area (Å²) in [5.41, 5.74) is 0. The number of hydrogen-bond donors (Lipinski definition) is 2. The van der Waals surface area contributed by atoms with E-state index >= 15 is 0 Å². The molecule has 1 saturated heterocycles. The van der Waals surface area contributed by atoms with Crippen LogP contribution in [-0.4, -0.2) is 42.4 Å². The fraction of sp³-hybridized carbons (Fsp3) is 0.917. The quantitative estimate of drug-likeness (QED) is 0.770. The molecule has 1 aliphatic heterocycles. The number of carboxylic acid groups (broad SMARTS) is 1. The Bertz CT molecular complexity index is 408. The summed E-state index contributed by atoms with van der Waals surface area (Å²) in [5.74, 6) is -1.01. The Morgan fingerprint density at radius 2 is 2.05 bits per heavy atom. The van der Waals surface area contributed by atoms with Crippen LogP contribution in [0.5, 0.6) is 0 Å². The van der Waals surface area contributed by atoms with Crippen molar-refractivity contribution >= 4 is 16.2 Å². The van der Waals surface area contributed by atoms with Crippen LogP contribution in [0, 0.1) is 5.92 Å². The lowest BCUT2D eigenvalue weighted by Crippen LogP contribution is -2.52. The summed E-state index contributed by atoms with van der Waals surface area (Å²) in [6.07, 6.45) is 2.95. The van der Waals surface area contributed by atoms with Crippen molar-refractivity contribution in [1.82, 2.24) is 9.03 Å². The van der Waals surface area contributed by atoms with Crippen LogP contribution in [0.3, 0.4) is 0 Å². The Labute approximate surface area is 115 Å². The summed E-state index contributed by atoms with van der Waals surface area (Å²) < 4.78 is 28.2. The van der Waals surface area contributed by atoms with Crippen LogP contribution in [0.1, 0.15) is 46.5 Å². The fourth-order valence-electron chi connectivity index (χ4n) is 2.35. The standard InChI is InChI=1S/C12H24N2O4S/c1-9(2)8-11(12(15)16)13-19(17,18)14-7-5-4-6-10(14)3/h9-11,13H,4-8H2,1-3H3,(H,15,16)/t10?,11-/m0/s1. The Morgan fingerprint density at radius 3 is 2.53 bits per heavy atom. The molecule has 2 atom stereocenters. The van der Waals surface area contributed by atoms with Crippen LogP contribution in [-0.2, 0) is 15.0 Å². The van der Waals surface area contributed by atoms with Gasteiger partial charge in [0.25, 0.3) is 10.2 Å². The summed E-state index contributed by atoms with van der Waals surface area (Å²) in [5, 5.41) is 9.10. The number of aliphatic carboxylic acids is 1. The third kappa shape index (κ3) is 4.74. The number of nitrogens with zero attached hydrogens (tertiary/aromatic N) is 1. The van der Waals surface area contributed by atoms with Crippen LogP contribution >= 0.6 is 0 Å². The molecule has 1 unspecified atom stereocenters. The second-order valence-electron chi connectivity index (χ2n) is 5.60. The molecule has 2 N–H and O–H groups in total. The molecule has 6 nitrogen and oxygen atoms in total. The SMILES string of the molecule is CC(C)C[C@H](NS(=O)(=O)N1CCCCC1C)C(=O)O. The average Bonchev–Trinajstić information content (AvgIpc) is 2.27. The summed E-state index contributed by atoms with van der Waals surface area (Å²) in [7, 11) is -3.72. The summed E-state index contributed by atoms with van der Waals surface area (Å²) in [6.45, 7) is 6.06. The summed E-state index contributed by atoms with van der Waals surface area (Å²) in [6, 6.07) is -1.13. The van der Waals surface area contributed by atoms with E-state index in [1.54, 1.807) is 0 Å². The molecule has 0 aromatic heterocycles. The van der Waals surface area contributed by atoms with Gasteiger partial charge in [0.15, 0.2) is 0 Å². The van der Waals surface area contributed by atoms with Gasteiger partial charge >= 0.3 is 5.97 Å². The molecule has 7 heteroatoms. The zero-order valence-corrected chi connectivity index (χ0v) is 12.6. The van der Waals surface area contributed by atoms with Crippen molar-refractivity contribution < 1.29 is 18.3 Å². The summed E-state index contributed by atoms with van der Waals surface area (Å²) >= 11 is 0. The molecule has 0 amide bonds. The van der Waals surface area contributed by atoms with E-state index in [0.717, 1.165) is 19.3 Å². The molecule has 112 valence electrons. The van der Waals surface area contributed by atoms with Crippen LogP contribution < -0.4 is 4.72 Å². The molecule has 1 rings (SSSR count). The number of piperidine rings is 1. The maximum atomic E-state index is 12.2. The predicted octanol–water partition coefficient (Wildman–Crippen LogP) is 1.19. The van der Waals surface area contributed by atoms with Crippen molar-refractivity contribution in [3.8, 4) is 0 Å². The molecule has 1 heterocycles. The van der Waals surface area contributed by atoms with E-state index in [0.29, 0.717) is 6.54 Å². The highest BCUT2D eigenvalue weighted by Crippen LogP contribution is 2.20. The van der Waals surface area contributed by atoms with Gasteiger partial charge in [-0.05, 0) is 32.1 Å². The normalized spacial score (nSPS) is 23.5. The smallest absolute Gasteiger partial charge is 0.321 e. The van der Waals surface area contributed by atoms with Crippen LogP contribution in [0.4, 0.5) is 0 Å². The number of carboxylic acids is 1. The van der Waals surface area contributed by atoms with E-state index in [2.05, 4.69) is 4.72 Å². The molecule has 1 aliphatic rings. The van der Waals surface area contributed by atoms with Gasteiger partial charge in [0.05, 0.1) is 0 Å². The molecule has 0 aromatic rings. The van der Waals surface area contributed by atoms with Gasteiger partial charge in [-0.3, -0.25) is 4.79 Å². The minimum atomic E-state index is -3.72. The fourth-order valence-corrected chi connectivity index (χ4v) is 3.99. The minimum absolute atomic E-state index is 0.0697. The third-order valence-electron chi connectivity index (χ3n) is 3.35. The van der Waals surface area contributed by atoms with E-state index in [-0.39, 0.29) is 18.4 Å². The number of rotatable bonds is 6. The van der Waals surface area contributed by atoms with Gasteiger partial charge in [0.1, 0.15) is 6.04 Å². The van der Waals surface area contributed by atoms with E-state index < -0.39 is 22.2 Å². The van der Waals surface area contributed by atoms with Gasteiger partial charge < -0.3 is 5.11 Å². The monoisotopic (exact) mass is 292 g/mol. The number of carbonyl (C=O) groups is 1. The second kappa shape index (κ2) is 6.67. The van der Waals surface area contributed by atoms with E-state index in [1.165, 1.54) is 4.31 Å². The molecule has 0 radical (unpaired) electrons. The molecule has 19 heavy (non-hydrogen) atoms. The van der Waals surface area contributed by atoms with Crippen LogP contribution in [0.2, 0.25) is 0 Å². The van der Waals surface area contributed by atoms with E-state index in [4.69, 9.17) is 5.11 Å². The van der Waals surface area contributed by atoms with Gasteiger partial charge in [-0.1, -0.05) is 20.3 Å². The van der Waals surface area contributed by atoms with Gasteiger partial charge in [-0.25, -0.2) is 0 Å². The van der Waals surface area contributed by atoms with Gasteiger partial charge in [-0.15, -0.1) is 0 Å². The first-order valence-electron chi connectivity index (χ1n) is 6.76. The maximum absolute atomic E-state index is 12.2. The molecule has 0 aromatic carbocycles. The van der Waals surface area contributed by atoms with Gasteiger partial charge in [0, 0.05) is 12.6 Å². The maximum Gasteiger partial charge on any atom is 0.321 e. The molecular weight excluding hydrogens is 268 g/mol. The van der Waals surface area contributed by atoms with Crippen molar-refractivity contribution in [2.24, 2.45) is 5.92 Å². The first-order valence-corrected chi connectivity index (χ1v) is 8.20. The van der Waals surface area contributed by atoms with Crippen LogP contribution in [0.25, 0.3) is 0 Å². The van der Waals surface area contributed by atoms with Crippen molar-refractivity contribution in [2.45, 2.75) is 58.5 Å². The number of hydrogen-bond acceptors (Lipinski definition) is 3. The average molecular weight is 292 g/mol. The predicted molar refractivity (Wildman–Crippen MR) is 73.0 cm³/mol. The zero-order chi connectivity index (χ0) is 14.6. The summed E-state index contributed by atoms with van der Waals surface area (Å²) in [4.78, 5) is 11.1. The Balaban J connectivity index is 2.78. The zero-order valence-electron chi connectivity index (χ0n) is 11.8. The molecule has 0 spiro atoms. The lowest BCUT2D eigenvalue weighted by molar-refractivity contribution is -0.139. The first kappa shape index (κ1) is 16.4. The Kier molecular flexibility index (Phi) is 5.76.